The van der Waals surface area contributed by atoms with E-state index in [1.54, 1.807) is 0 Å². The van der Waals surface area contributed by atoms with Gasteiger partial charge in [0.05, 0.1) is 12.6 Å². The maximum atomic E-state index is 6.46. The fraction of sp³-hybridized carbons (Fsp3) is 0.136. The van der Waals surface area contributed by atoms with Crippen LogP contribution in [-0.4, -0.2) is 17.5 Å². The van der Waals surface area contributed by atoms with Crippen molar-refractivity contribution >= 4 is 33.9 Å². The summed E-state index contributed by atoms with van der Waals surface area (Å²) in [6, 6.07) is 43.7. The number of aryl methyl sites for hydroxylation is 1. The van der Waals surface area contributed by atoms with Crippen LogP contribution in [0.25, 0.3) is 16.8 Å². The van der Waals surface area contributed by atoms with Crippen molar-refractivity contribution in [1.82, 2.24) is 4.90 Å². The van der Waals surface area contributed by atoms with Crippen LogP contribution < -0.4 is 4.90 Å². The molecule has 2 unspecified atom stereocenters. The van der Waals surface area contributed by atoms with Crippen LogP contribution >= 0.6 is 0 Å². The van der Waals surface area contributed by atoms with E-state index in [0.29, 0.717) is 6.61 Å². The summed E-state index contributed by atoms with van der Waals surface area (Å²) in [6.07, 6.45) is 21.0. The molecule has 47 heavy (non-hydrogen) atoms. The number of hydrogen-bond acceptors (Lipinski definition) is 3. The lowest BCUT2D eigenvalue weighted by Crippen LogP contribution is -2.33. The minimum Gasteiger partial charge on any atom is -0.365 e. The van der Waals surface area contributed by atoms with E-state index < -0.39 is 0 Å². The summed E-state index contributed by atoms with van der Waals surface area (Å²) in [5.41, 5.74) is 9.83. The van der Waals surface area contributed by atoms with Gasteiger partial charge in [-0.15, -0.1) is 0 Å². The van der Waals surface area contributed by atoms with Crippen LogP contribution in [0.2, 0.25) is 0 Å². The normalized spacial score (nSPS) is 18.6. The first-order valence-corrected chi connectivity index (χ1v) is 16.7. The molecule has 0 saturated heterocycles. The molecule has 0 bridgehead atoms. The Kier molecular flexibility index (Phi) is 8.13. The average molecular weight is 611 g/mol. The monoisotopic (exact) mass is 610 g/mol. The molecule has 2 atom stereocenters. The van der Waals surface area contributed by atoms with Crippen LogP contribution in [0.5, 0.6) is 0 Å². The number of benzene rings is 5. The van der Waals surface area contributed by atoms with Gasteiger partial charge in [0.1, 0.15) is 6.10 Å². The van der Waals surface area contributed by atoms with E-state index in [-0.39, 0.29) is 12.1 Å². The van der Waals surface area contributed by atoms with Gasteiger partial charge in [0.25, 0.3) is 0 Å². The van der Waals surface area contributed by atoms with Gasteiger partial charge in [0.2, 0.25) is 0 Å². The van der Waals surface area contributed by atoms with Gasteiger partial charge in [-0.3, -0.25) is 0 Å². The fourth-order valence-electron chi connectivity index (χ4n) is 7.02. The number of para-hydroxylation sites is 1. The number of anilines is 3. The molecular formula is C44H38N2O. The average Bonchev–Trinajstić information content (AvgIpc) is 3.39. The molecule has 0 fully saturated rings. The lowest BCUT2D eigenvalue weighted by atomic mass is 9.93. The van der Waals surface area contributed by atoms with E-state index in [1.807, 2.05) is 0 Å². The van der Waals surface area contributed by atoms with Gasteiger partial charge in [-0.1, -0.05) is 109 Å². The molecule has 3 aliphatic rings. The van der Waals surface area contributed by atoms with Crippen LogP contribution in [0.15, 0.2) is 175 Å². The van der Waals surface area contributed by atoms with Gasteiger partial charge in [-0.05, 0) is 107 Å². The number of nitrogens with zero attached hydrogens (tertiary/aromatic N) is 2. The lowest BCUT2D eigenvalue weighted by molar-refractivity contribution is 0.111. The zero-order valence-corrected chi connectivity index (χ0v) is 26.5. The SMILES string of the molecule is C1=CCC(N(C2=CCOC(c3ccc(N(c4ccccc4)c4ccc5ccccc5c4)cc3)C=C2)C2=Cc3ccccc3CC2)C=C1. The molecule has 0 spiro atoms. The van der Waals surface area contributed by atoms with Gasteiger partial charge < -0.3 is 14.5 Å². The molecule has 3 heteroatoms. The van der Waals surface area contributed by atoms with Gasteiger partial charge >= 0.3 is 0 Å². The highest BCUT2D eigenvalue weighted by Crippen LogP contribution is 2.38. The molecular weight excluding hydrogens is 572 g/mol. The highest BCUT2D eigenvalue weighted by atomic mass is 16.5. The molecule has 5 aromatic rings. The zero-order valence-electron chi connectivity index (χ0n) is 26.5. The van der Waals surface area contributed by atoms with Gasteiger partial charge in [-0.2, -0.15) is 0 Å². The summed E-state index contributed by atoms with van der Waals surface area (Å²) in [4.78, 5) is 4.85. The van der Waals surface area contributed by atoms with Crippen LogP contribution in [0.1, 0.15) is 35.6 Å². The van der Waals surface area contributed by atoms with E-state index in [4.69, 9.17) is 4.74 Å². The maximum Gasteiger partial charge on any atom is 0.101 e. The predicted octanol–water partition coefficient (Wildman–Crippen LogP) is 11.0. The summed E-state index contributed by atoms with van der Waals surface area (Å²) >= 11 is 0. The third kappa shape index (κ3) is 6.10. The van der Waals surface area contributed by atoms with E-state index in [0.717, 1.165) is 41.9 Å². The van der Waals surface area contributed by atoms with E-state index in [2.05, 4.69) is 180 Å². The summed E-state index contributed by atoms with van der Waals surface area (Å²) in [6.45, 7) is 0.550. The first kappa shape index (κ1) is 29.1. The largest absolute Gasteiger partial charge is 0.365 e. The molecule has 0 radical (unpaired) electrons. The highest BCUT2D eigenvalue weighted by Gasteiger charge is 2.25. The maximum absolute atomic E-state index is 6.46. The molecule has 5 aromatic carbocycles. The highest BCUT2D eigenvalue weighted by molar-refractivity contribution is 5.89. The van der Waals surface area contributed by atoms with Crippen molar-refractivity contribution in [3.05, 3.63) is 192 Å². The second-order valence-corrected chi connectivity index (χ2v) is 12.4. The van der Waals surface area contributed by atoms with Crippen molar-refractivity contribution in [3.63, 3.8) is 0 Å². The molecule has 0 aromatic heterocycles. The molecule has 8 rings (SSSR count). The molecule has 1 aliphatic heterocycles. The van der Waals surface area contributed by atoms with Crippen molar-refractivity contribution < 1.29 is 4.74 Å². The standard InChI is InChI=1S/C44H38N2O/c1-3-15-38(16-4-1)45(42-25-19-33-11-7-9-13-36(33)31-42)40-23-21-35(22-24-40)44-28-27-41(29-30-47-44)46(39-17-5-2-6-18-39)43-26-20-34-12-8-10-14-37(34)32-43/h1-17,19,21-25,27-29,31-32,39,44H,18,20,26,30H2. The van der Waals surface area contributed by atoms with Crippen LogP contribution in [-0.2, 0) is 11.2 Å². The summed E-state index contributed by atoms with van der Waals surface area (Å²) in [7, 11) is 0. The molecule has 2 aliphatic carbocycles. The van der Waals surface area contributed by atoms with Crippen molar-refractivity contribution in [3.8, 4) is 0 Å². The van der Waals surface area contributed by atoms with E-state index in [9.17, 15) is 0 Å². The topological polar surface area (TPSA) is 15.7 Å². The van der Waals surface area contributed by atoms with Crippen molar-refractivity contribution in [2.75, 3.05) is 11.5 Å². The predicted molar refractivity (Wildman–Crippen MR) is 196 cm³/mol. The molecule has 0 N–H and O–H groups in total. The Morgan fingerprint density at radius 2 is 1.40 bits per heavy atom. The third-order valence-corrected chi connectivity index (χ3v) is 9.40. The molecule has 230 valence electrons. The number of fused-ring (bicyclic) bond motifs is 2. The van der Waals surface area contributed by atoms with Crippen molar-refractivity contribution in [2.45, 2.75) is 31.4 Å². The zero-order chi connectivity index (χ0) is 31.4. The third-order valence-electron chi connectivity index (χ3n) is 9.40. The molecule has 0 amide bonds. The Hall–Kier alpha value is -5.38. The molecule has 3 nitrogen and oxygen atoms in total. The Morgan fingerprint density at radius 3 is 2.26 bits per heavy atom. The van der Waals surface area contributed by atoms with Crippen LogP contribution in [0.3, 0.4) is 0 Å². The second kappa shape index (κ2) is 13.2. The summed E-state index contributed by atoms with van der Waals surface area (Å²) in [5.74, 6) is 0. The first-order chi connectivity index (χ1) is 23.3. The molecule has 0 saturated carbocycles. The Labute approximate surface area is 277 Å². The Balaban J connectivity index is 1.08. The van der Waals surface area contributed by atoms with Crippen molar-refractivity contribution in [2.24, 2.45) is 0 Å². The number of ether oxygens (including phenoxy) is 1. The Morgan fingerprint density at radius 1 is 0.638 bits per heavy atom. The van der Waals surface area contributed by atoms with Crippen LogP contribution in [0, 0.1) is 0 Å². The smallest absolute Gasteiger partial charge is 0.101 e. The minimum atomic E-state index is -0.131. The quantitative estimate of drug-likeness (QED) is 0.182. The lowest BCUT2D eigenvalue weighted by Gasteiger charge is -2.36. The minimum absolute atomic E-state index is 0.131. The van der Waals surface area contributed by atoms with Gasteiger partial charge in [0, 0.05) is 28.5 Å². The molecule has 1 heterocycles. The summed E-state index contributed by atoms with van der Waals surface area (Å²) < 4.78 is 6.46. The first-order valence-electron chi connectivity index (χ1n) is 16.7. The van der Waals surface area contributed by atoms with Crippen LogP contribution in [0.4, 0.5) is 17.1 Å². The summed E-state index contributed by atoms with van der Waals surface area (Å²) in [5, 5.41) is 2.47. The van der Waals surface area contributed by atoms with Gasteiger partial charge in [-0.25, -0.2) is 0 Å². The van der Waals surface area contributed by atoms with Crippen molar-refractivity contribution in [1.29, 1.82) is 0 Å². The fourth-order valence-corrected chi connectivity index (χ4v) is 7.02. The number of allylic oxidation sites excluding steroid dienone is 4. The van der Waals surface area contributed by atoms with E-state index >= 15 is 0 Å². The second-order valence-electron chi connectivity index (χ2n) is 12.4. The number of hydrogen-bond donors (Lipinski definition) is 0. The Bertz CT molecular complexity index is 2030. The number of rotatable bonds is 7. The van der Waals surface area contributed by atoms with Gasteiger partial charge in [0.15, 0.2) is 0 Å². The van der Waals surface area contributed by atoms with E-state index in [1.165, 1.54) is 33.3 Å².